The van der Waals surface area contributed by atoms with Gasteiger partial charge in [0.15, 0.2) is 5.65 Å². The fourth-order valence-corrected chi connectivity index (χ4v) is 2.22. The van der Waals surface area contributed by atoms with E-state index in [1.807, 2.05) is 30.3 Å². The molecule has 2 N–H and O–H groups in total. The third-order valence-corrected chi connectivity index (χ3v) is 3.20. The number of hydrogen-bond donors (Lipinski definition) is 2. The predicted octanol–water partition coefficient (Wildman–Crippen LogP) is 2.26. The Labute approximate surface area is 126 Å². The van der Waals surface area contributed by atoms with Gasteiger partial charge < -0.3 is 10.4 Å². The van der Waals surface area contributed by atoms with Crippen LogP contribution < -0.4 is 5.32 Å². The highest BCUT2D eigenvalue weighted by molar-refractivity contribution is 6.28. The maximum Gasteiger partial charge on any atom is 0.226 e. The summed E-state index contributed by atoms with van der Waals surface area (Å²) in [6.07, 6.45) is 2.34. The first kappa shape index (κ1) is 13.8. The van der Waals surface area contributed by atoms with Gasteiger partial charge in [-0.3, -0.25) is 0 Å². The van der Waals surface area contributed by atoms with Crippen molar-refractivity contribution in [1.82, 2.24) is 19.7 Å². The van der Waals surface area contributed by atoms with E-state index < -0.39 is 0 Å². The molecule has 0 aliphatic rings. The SMILES string of the molecule is OCCCNc1nc(Cl)nc2c1cnn2-c1ccccc1. The number of nitrogens with zero attached hydrogens (tertiary/aromatic N) is 4. The van der Waals surface area contributed by atoms with Crippen LogP contribution in [0.5, 0.6) is 0 Å². The quantitative estimate of drug-likeness (QED) is 0.558. The van der Waals surface area contributed by atoms with Crippen molar-refractivity contribution in [2.24, 2.45) is 0 Å². The lowest BCUT2D eigenvalue weighted by Gasteiger charge is -2.07. The number of aliphatic hydroxyl groups is 1. The lowest BCUT2D eigenvalue weighted by molar-refractivity contribution is 0.292. The molecule has 0 saturated carbocycles. The summed E-state index contributed by atoms with van der Waals surface area (Å²) in [5, 5.41) is 17.3. The molecule has 7 heteroatoms. The maximum atomic E-state index is 8.85. The Balaban J connectivity index is 2.05. The van der Waals surface area contributed by atoms with E-state index in [-0.39, 0.29) is 11.9 Å². The van der Waals surface area contributed by atoms with Gasteiger partial charge in [0.05, 0.1) is 17.3 Å². The minimum atomic E-state index is 0.123. The fourth-order valence-electron chi connectivity index (χ4n) is 2.06. The summed E-state index contributed by atoms with van der Waals surface area (Å²) in [6.45, 7) is 0.730. The fraction of sp³-hybridized carbons (Fsp3) is 0.214. The molecule has 108 valence electrons. The summed E-state index contributed by atoms with van der Waals surface area (Å²) in [5.41, 5.74) is 1.55. The van der Waals surface area contributed by atoms with Gasteiger partial charge in [-0.25, -0.2) is 4.68 Å². The molecule has 2 aromatic heterocycles. The maximum absolute atomic E-state index is 8.85. The molecule has 0 saturated heterocycles. The van der Waals surface area contributed by atoms with Crippen molar-refractivity contribution in [2.75, 3.05) is 18.5 Å². The van der Waals surface area contributed by atoms with Gasteiger partial charge >= 0.3 is 0 Å². The molecule has 0 amide bonds. The Hall–Kier alpha value is -2.18. The van der Waals surface area contributed by atoms with Gasteiger partial charge in [-0.15, -0.1) is 0 Å². The standard InChI is InChI=1S/C14H14ClN5O/c15-14-18-12(16-7-4-8-21)11-9-17-20(13(11)19-14)10-5-2-1-3-6-10/h1-3,5-6,9,21H,4,7-8H2,(H,16,18,19). The number of fused-ring (bicyclic) bond motifs is 1. The van der Waals surface area contributed by atoms with E-state index in [2.05, 4.69) is 20.4 Å². The number of aromatic nitrogens is 4. The first-order valence-corrected chi connectivity index (χ1v) is 6.99. The third kappa shape index (κ3) is 2.81. The van der Waals surface area contributed by atoms with Crippen LogP contribution in [0.2, 0.25) is 5.28 Å². The summed E-state index contributed by atoms with van der Waals surface area (Å²) >= 11 is 6.00. The summed E-state index contributed by atoms with van der Waals surface area (Å²) in [6, 6.07) is 9.71. The minimum absolute atomic E-state index is 0.123. The number of nitrogens with one attached hydrogen (secondary N) is 1. The number of para-hydroxylation sites is 1. The lowest BCUT2D eigenvalue weighted by atomic mass is 10.3. The molecular formula is C14H14ClN5O. The molecule has 0 spiro atoms. The highest BCUT2D eigenvalue weighted by Gasteiger charge is 2.12. The molecule has 3 rings (SSSR count). The second kappa shape index (κ2) is 6.07. The zero-order chi connectivity index (χ0) is 14.7. The van der Waals surface area contributed by atoms with Crippen LogP contribution in [0.3, 0.4) is 0 Å². The zero-order valence-corrected chi connectivity index (χ0v) is 12.0. The number of benzene rings is 1. The van der Waals surface area contributed by atoms with Crippen molar-refractivity contribution < 1.29 is 5.11 Å². The average molecular weight is 304 g/mol. The smallest absolute Gasteiger partial charge is 0.226 e. The monoisotopic (exact) mass is 303 g/mol. The Morgan fingerprint density at radius 2 is 2.00 bits per heavy atom. The average Bonchev–Trinajstić information content (AvgIpc) is 2.92. The topological polar surface area (TPSA) is 75.9 Å². The van der Waals surface area contributed by atoms with Crippen LogP contribution >= 0.6 is 11.6 Å². The molecule has 0 aliphatic carbocycles. The van der Waals surface area contributed by atoms with E-state index in [9.17, 15) is 0 Å². The molecule has 21 heavy (non-hydrogen) atoms. The second-order valence-electron chi connectivity index (χ2n) is 4.47. The van der Waals surface area contributed by atoms with E-state index in [0.717, 1.165) is 11.1 Å². The van der Waals surface area contributed by atoms with Crippen LogP contribution in [0.25, 0.3) is 16.7 Å². The molecule has 6 nitrogen and oxygen atoms in total. The van der Waals surface area contributed by atoms with E-state index in [4.69, 9.17) is 16.7 Å². The van der Waals surface area contributed by atoms with Gasteiger partial charge in [0.25, 0.3) is 0 Å². The van der Waals surface area contributed by atoms with Crippen molar-refractivity contribution in [2.45, 2.75) is 6.42 Å². The first-order valence-electron chi connectivity index (χ1n) is 6.61. The number of halogens is 1. The second-order valence-corrected chi connectivity index (χ2v) is 4.81. The summed E-state index contributed by atoms with van der Waals surface area (Å²) < 4.78 is 1.72. The number of anilines is 1. The van der Waals surface area contributed by atoms with Crippen molar-refractivity contribution in [1.29, 1.82) is 0 Å². The van der Waals surface area contributed by atoms with E-state index >= 15 is 0 Å². The van der Waals surface area contributed by atoms with Gasteiger partial charge in [0.2, 0.25) is 5.28 Å². The lowest BCUT2D eigenvalue weighted by Crippen LogP contribution is -2.06. The van der Waals surface area contributed by atoms with Gasteiger partial charge in [0.1, 0.15) is 5.82 Å². The predicted molar refractivity (Wildman–Crippen MR) is 81.9 cm³/mol. The number of hydrogen-bond acceptors (Lipinski definition) is 5. The van der Waals surface area contributed by atoms with Crippen LogP contribution in [0.4, 0.5) is 5.82 Å². The van der Waals surface area contributed by atoms with Gasteiger partial charge in [-0.05, 0) is 30.2 Å². The summed E-state index contributed by atoms with van der Waals surface area (Å²) in [5.74, 6) is 0.626. The third-order valence-electron chi connectivity index (χ3n) is 3.03. The minimum Gasteiger partial charge on any atom is -0.396 e. The Morgan fingerprint density at radius 1 is 1.19 bits per heavy atom. The Kier molecular flexibility index (Phi) is 3.98. The van der Waals surface area contributed by atoms with Crippen molar-refractivity contribution in [3.05, 3.63) is 41.8 Å². The molecule has 1 aromatic carbocycles. The van der Waals surface area contributed by atoms with Crippen LogP contribution in [0.15, 0.2) is 36.5 Å². The largest absolute Gasteiger partial charge is 0.396 e. The molecule has 0 radical (unpaired) electrons. The van der Waals surface area contributed by atoms with E-state index in [0.29, 0.717) is 24.4 Å². The zero-order valence-electron chi connectivity index (χ0n) is 11.2. The first-order chi connectivity index (χ1) is 10.3. The van der Waals surface area contributed by atoms with Crippen molar-refractivity contribution in [3.8, 4) is 5.69 Å². The van der Waals surface area contributed by atoms with Crippen LogP contribution in [0, 0.1) is 0 Å². The molecule has 2 heterocycles. The van der Waals surface area contributed by atoms with Gasteiger partial charge in [-0.1, -0.05) is 18.2 Å². The normalized spacial score (nSPS) is 11.0. The molecular weight excluding hydrogens is 290 g/mol. The highest BCUT2D eigenvalue weighted by atomic mass is 35.5. The van der Waals surface area contributed by atoms with Crippen molar-refractivity contribution in [3.63, 3.8) is 0 Å². The van der Waals surface area contributed by atoms with Gasteiger partial charge in [-0.2, -0.15) is 15.1 Å². The molecule has 0 aliphatic heterocycles. The Morgan fingerprint density at radius 3 is 2.76 bits per heavy atom. The highest BCUT2D eigenvalue weighted by Crippen LogP contribution is 2.24. The molecule has 3 aromatic rings. The van der Waals surface area contributed by atoms with Crippen molar-refractivity contribution >= 4 is 28.5 Å². The molecule has 0 fully saturated rings. The summed E-state index contributed by atoms with van der Waals surface area (Å²) in [7, 11) is 0. The van der Waals surface area contributed by atoms with Crippen LogP contribution in [-0.4, -0.2) is 38.0 Å². The van der Waals surface area contributed by atoms with Crippen LogP contribution in [0.1, 0.15) is 6.42 Å². The molecule has 0 atom stereocenters. The number of aliphatic hydroxyl groups excluding tert-OH is 1. The van der Waals surface area contributed by atoms with Crippen LogP contribution in [-0.2, 0) is 0 Å². The van der Waals surface area contributed by atoms with E-state index in [1.165, 1.54) is 0 Å². The molecule has 0 bridgehead atoms. The summed E-state index contributed by atoms with van der Waals surface area (Å²) in [4.78, 5) is 8.45. The molecule has 0 unspecified atom stereocenters. The van der Waals surface area contributed by atoms with Gasteiger partial charge in [0, 0.05) is 13.2 Å². The number of rotatable bonds is 5. The van der Waals surface area contributed by atoms with E-state index in [1.54, 1.807) is 10.9 Å². The Bertz CT molecular complexity index is 744.